The van der Waals surface area contributed by atoms with Gasteiger partial charge < -0.3 is 4.57 Å². The van der Waals surface area contributed by atoms with Crippen LogP contribution >= 0.6 is 43.5 Å². The molecule has 2 rings (SSSR count). The van der Waals surface area contributed by atoms with E-state index >= 15 is 0 Å². The highest BCUT2D eigenvalue weighted by Gasteiger charge is 2.09. The van der Waals surface area contributed by atoms with Gasteiger partial charge in [0.15, 0.2) is 0 Å². The summed E-state index contributed by atoms with van der Waals surface area (Å²) in [6.07, 6.45) is 1.60. The average Bonchev–Trinajstić information content (AvgIpc) is 2.31. The maximum atomic E-state index is 13.7. The molecule has 1 aromatic heterocycles. The minimum absolute atomic E-state index is 0.0506. The van der Waals surface area contributed by atoms with Gasteiger partial charge in [0.25, 0.3) is 5.56 Å². The number of aromatic nitrogens is 1. The zero-order valence-corrected chi connectivity index (χ0v) is 12.9. The second-order valence-corrected chi connectivity index (χ2v) is 5.83. The van der Waals surface area contributed by atoms with E-state index in [-0.39, 0.29) is 17.1 Å². The lowest BCUT2D eigenvalue weighted by Gasteiger charge is -2.09. The summed E-state index contributed by atoms with van der Waals surface area (Å²) in [5, 5.41) is 0.0506. The van der Waals surface area contributed by atoms with E-state index in [0.717, 1.165) is 4.47 Å². The molecule has 0 bridgehead atoms. The van der Waals surface area contributed by atoms with Crippen LogP contribution in [-0.2, 0) is 6.54 Å². The Balaban J connectivity index is 2.46. The molecule has 0 fully saturated rings. The third-order valence-corrected chi connectivity index (χ3v) is 3.67. The third-order valence-electron chi connectivity index (χ3n) is 2.38. The molecule has 6 heteroatoms. The van der Waals surface area contributed by atoms with Crippen molar-refractivity contribution in [3.63, 3.8) is 0 Å². The predicted molar refractivity (Wildman–Crippen MR) is 76.6 cm³/mol. The van der Waals surface area contributed by atoms with Gasteiger partial charge in [0.2, 0.25) is 0 Å². The van der Waals surface area contributed by atoms with E-state index in [4.69, 9.17) is 11.6 Å². The van der Waals surface area contributed by atoms with Crippen molar-refractivity contribution in [3.8, 4) is 0 Å². The SMILES string of the molecule is O=c1c(Br)cc(Br)cn1Cc1cccc(Cl)c1F. The molecule has 0 atom stereocenters. The highest BCUT2D eigenvalue weighted by molar-refractivity contribution is 9.11. The summed E-state index contributed by atoms with van der Waals surface area (Å²) in [6, 6.07) is 6.37. The van der Waals surface area contributed by atoms with Crippen LogP contribution in [-0.4, -0.2) is 4.57 Å². The van der Waals surface area contributed by atoms with Crippen molar-refractivity contribution in [2.45, 2.75) is 6.54 Å². The Morgan fingerprint density at radius 3 is 2.78 bits per heavy atom. The first-order valence-electron chi connectivity index (χ1n) is 4.97. The van der Waals surface area contributed by atoms with E-state index < -0.39 is 5.82 Å². The van der Waals surface area contributed by atoms with Crippen LogP contribution in [0.15, 0.2) is 44.2 Å². The zero-order valence-electron chi connectivity index (χ0n) is 8.96. The van der Waals surface area contributed by atoms with Crippen molar-refractivity contribution >= 4 is 43.5 Å². The lowest BCUT2D eigenvalue weighted by Crippen LogP contribution is -2.21. The van der Waals surface area contributed by atoms with E-state index in [1.807, 2.05) is 0 Å². The summed E-state index contributed by atoms with van der Waals surface area (Å²) in [6.45, 7) is 0.128. The monoisotopic (exact) mass is 393 g/mol. The summed E-state index contributed by atoms with van der Waals surface area (Å²) in [5.74, 6) is -0.498. The second-order valence-electron chi connectivity index (χ2n) is 3.65. The molecule has 0 saturated heterocycles. The number of hydrogen-bond donors (Lipinski definition) is 0. The molecule has 0 spiro atoms. The summed E-state index contributed by atoms with van der Waals surface area (Å²) < 4.78 is 16.3. The average molecular weight is 395 g/mol. The Labute approximate surface area is 125 Å². The Bertz CT molecular complexity index is 657. The molecule has 0 aliphatic carbocycles. The number of nitrogens with zero attached hydrogens (tertiary/aromatic N) is 1. The molecule has 0 aliphatic rings. The molecular weight excluding hydrogens is 388 g/mol. The molecule has 94 valence electrons. The molecule has 0 unspecified atom stereocenters. The van der Waals surface area contributed by atoms with Gasteiger partial charge in [-0.25, -0.2) is 4.39 Å². The van der Waals surface area contributed by atoms with Gasteiger partial charge in [-0.3, -0.25) is 4.79 Å². The third kappa shape index (κ3) is 2.84. The van der Waals surface area contributed by atoms with E-state index in [1.165, 1.54) is 10.6 Å². The first kappa shape index (κ1) is 13.8. The topological polar surface area (TPSA) is 22.0 Å². The number of hydrogen-bond acceptors (Lipinski definition) is 1. The van der Waals surface area contributed by atoms with Crippen LogP contribution in [0.4, 0.5) is 4.39 Å². The zero-order chi connectivity index (χ0) is 13.3. The second kappa shape index (κ2) is 5.55. The Morgan fingerprint density at radius 2 is 2.06 bits per heavy atom. The lowest BCUT2D eigenvalue weighted by molar-refractivity contribution is 0.596. The first-order valence-corrected chi connectivity index (χ1v) is 6.94. The Hall–Kier alpha value is -0.650. The molecule has 0 aliphatic heterocycles. The standard InChI is InChI=1S/C12H7Br2ClFNO/c13-8-4-9(14)12(18)17(6-8)5-7-2-1-3-10(15)11(7)16/h1-4,6H,5H2. The Morgan fingerprint density at radius 1 is 1.33 bits per heavy atom. The minimum Gasteiger partial charge on any atom is -0.309 e. The van der Waals surface area contributed by atoms with Crippen molar-refractivity contribution in [2.24, 2.45) is 0 Å². The van der Waals surface area contributed by atoms with E-state index in [1.54, 1.807) is 24.4 Å². The molecule has 1 heterocycles. The van der Waals surface area contributed by atoms with Crippen LogP contribution in [0.1, 0.15) is 5.56 Å². The van der Waals surface area contributed by atoms with Gasteiger partial charge in [0.1, 0.15) is 5.82 Å². The maximum Gasteiger partial charge on any atom is 0.265 e. The van der Waals surface area contributed by atoms with Gasteiger partial charge in [-0.15, -0.1) is 0 Å². The van der Waals surface area contributed by atoms with Crippen molar-refractivity contribution in [1.29, 1.82) is 0 Å². The van der Waals surface area contributed by atoms with Crippen LogP contribution in [0, 0.1) is 5.82 Å². The quantitative estimate of drug-likeness (QED) is 0.747. The van der Waals surface area contributed by atoms with Gasteiger partial charge in [-0.05, 0) is 44.0 Å². The van der Waals surface area contributed by atoms with Gasteiger partial charge in [0.05, 0.1) is 16.0 Å². The summed E-state index contributed by atoms with van der Waals surface area (Å²) in [7, 11) is 0. The van der Waals surface area contributed by atoms with Crippen molar-refractivity contribution < 1.29 is 4.39 Å². The van der Waals surface area contributed by atoms with Crippen molar-refractivity contribution in [2.75, 3.05) is 0 Å². The lowest BCUT2D eigenvalue weighted by atomic mass is 10.2. The number of halogens is 4. The normalized spacial score (nSPS) is 10.7. The molecule has 0 N–H and O–H groups in total. The fourth-order valence-electron chi connectivity index (χ4n) is 1.54. The van der Waals surface area contributed by atoms with Crippen LogP contribution in [0.3, 0.4) is 0 Å². The van der Waals surface area contributed by atoms with Crippen molar-refractivity contribution in [1.82, 2.24) is 4.57 Å². The molecule has 2 aromatic rings. The van der Waals surface area contributed by atoms with Gasteiger partial charge >= 0.3 is 0 Å². The molecule has 1 aromatic carbocycles. The highest BCUT2D eigenvalue weighted by atomic mass is 79.9. The van der Waals surface area contributed by atoms with E-state index in [9.17, 15) is 9.18 Å². The number of benzene rings is 1. The van der Waals surface area contributed by atoms with E-state index in [2.05, 4.69) is 31.9 Å². The largest absolute Gasteiger partial charge is 0.309 e. The summed E-state index contributed by atoms with van der Waals surface area (Å²) >= 11 is 12.1. The molecule has 18 heavy (non-hydrogen) atoms. The van der Waals surface area contributed by atoms with Crippen LogP contribution in [0.2, 0.25) is 5.02 Å². The molecule has 2 nitrogen and oxygen atoms in total. The Kier molecular flexibility index (Phi) is 4.25. The van der Waals surface area contributed by atoms with Crippen LogP contribution in [0.25, 0.3) is 0 Å². The first-order chi connectivity index (χ1) is 8.49. The highest BCUT2D eigenvalue weighted by Crippen LogP contribution is 2.19. The maximum absolute atomic E-state index is 13.7. The molecule has 0 radical (unpaired) electrons. The smallest absolute Gasteiger partial charge is 0.265 e. The fraction of sp³-hybridized carbons (Fsp3) is 0.0833. The summed E-state index contributed by atoms with van der Waals surface area (Å²) in [5.41, 5.74) is 0.146. The minimum atomic E-state index is -0.498. The van der Waals surface area contributed by atoms with Gasteiger partial charge in [-0.2, -0.15) is 0 Å². The molecule has 0 saturated carbocycles. The van der Waals surface area contributed by atoms with Crippen molar-refractivity contribution in [3.05, 3.63) is 66.2 Å². The summed E-state index contributed by atoms with van der Waals surface area (Å²) in [4.78, 5) is 11.9. The number of pyridine rings is 1. The van der Waals surface area contributed by atoms with Gasteiger partial charge in [0, 0.05) is 16.2 Å². The van der Waals surface area contributed by atoms with Crippen LogP contribution < -0.4 is 5.56 Å². The fourth-order valence-corrected chi connectivity index (χ4v) is 2.99. The van der Waals surface area contributed by atoms with Gasteiger partial charge in [-0.1, -0.05) is 23.7 Å². The van der Waals surface area contributed by atoms with Crippen LogP contribution in [0.5, 0.6) is 0 Å². The number of rotatable bonds is 2. The molecule has 0 amide bonds. The van der Waals surface area contributed by atoms with E-state index in [0.29, 0.717) is 10.0 Å². The predicted octanol–water partition coefficient (Wildman–Crippen LogP) is 4.21. The molecular formula is C12H7Br2ClFNO.